The van der Waals surface area contributed by atoms with Crippen LogP contribution in [0.4, 0.5) is 0 Å². The Morgan fingerprint density at radius 3 is 1.25 bits per heavy atom. The zero-order chi connectivity index (χ0) is 46.7. The zero-order valence-electron chi connectivity index (χ0n) is 40.9. The van der Waals surface area contributed by atoms with Crippen LogP contribution < -0.4 is 5.32 Å². The van der Waals surface area contributed by atoms with Crippen molar-refractivity contribution in [3.63, 3.8) is 0 Å². The van der Waals surface area contributed by atoms with E-state index in [9.17, 15) is 19.8 Å². The highest BCUT2D eigenvalue weighted by Crippen LogP contribution is 2.15. The number of ether oxygens (including phenoxy) is 1. The summed E-state index contributed by atoms with van der Waals surface area (Å²) >= 11 is 0. The van der Waals surface area contributed by atoms with Crippen LogP contribution in [-0.2, 0) is 14.3 Å². The molecule has 0 aromatic carbocycles. The first kappa shape index (κ1) is 60.0. The number of aliphatic hydroxyl groups is 2. The molecule has 3 atom stereocenters. The Balaban J connectivity index is 4.84. The third-order valence-corrected chi connectivity index (χ3v) is 10.5. The van der Waals surface area contributed by atoms with Gasteiger partial charge in [0.1, 0.15) is 6.10 Å². The molecule has 360 valence electrons. The number of allylic oxidation sites excluding steroid dienone is 22. The highest BCUT2D eigenvalue weighted by molar-refractivity contribution is 5.77. The van der Waals surface area contributed by atoms with Gasteiger partial charge < -0.3 is 20.3 Å². The summed E-state index contributed by atoms with van der Waals surface area (Å²) < 4.78 is 5.86. The minimum absolute atomic E-state index is 0.00142. The van der Waals surface area contributed by atoms with Gasteiger partial charge in [0.05, 0.1) is 25.2 Å². The molecule has 0 aliphatic heterocycles. The molecule has 0 aromatic rings. The van der Waals surface area contributed by atoms with Crippen molar-refractivity contribution < 1.29 is 24.5 Å². The minimum atomic E-state index is -0.823. The lowest BCUT2D eigenvalue weighted by molar-refractivity contribution is -0.150. The van der Waals surface area contributed by atoms with E-state index in [0.29, 0.717) is 19.3 Å². The third kappa shape index (κ3) is 44.6. The monoisotopic (exact) mass is 884 g/mol. The molecule has 0 radical (unpaired) electrons. The smallest absolute Gasteiger partial charge is 0.306 e. The van der Waals surface area contributed by atoms with Crippen molar-refractivity contribution in [2.24, 2.45) is 0 Å². The van der Waals surface area contributed by atoms with E-state index in [0.717, 1.165) is 103 Å². The van der Waals surface area contributed by atoms with Crippen LogP contribution in [0.3, 0.4) is 0 Å². The van der Waals surface area contributed by atoms with Crippen molar-refractivity contribution in [2.75, 3.05) is 6.61 Å². The van der Waals surface area contributed by atoms with E-state index in [1.165, 1.54) is 38.5 Å². The molecule has 64 heavy (non-hydrogen) atoms. The molecule has 0 heterocycles. The SMILES string of the molecule is CC/C=C\C/C=C\C/C=C\C/C=C\C/C=C\C/C=C\CCC(=O)OC(CCC/C=C\C/C=C\C/C=C\C/C=C\C/C=C\CC)CC(=O)NC(CO)C(O)CCCCCCCCCCC. The highest BCUT2D eigenvalue weighted by atomic mass is 16.5. The van der Waals surface area contributed by atoms with Crippen LogP contribution in [0.1, 0.15) is 194 Å². The van der Waals surface area contributed by atoms with E-state index in [1.807, 2.05) is 6.08 Å². The summed E-state index contributed by atoms with van der Waals surface area (Å²) in [6.45, 7) is 6.18. The predicted octanol–water partition coefficient (Wildman–Crippen LogP) is 15.4. The minimum Gasteiger partial charge on any atom is -0.462 e. The molecule has 0 saturated carbocycles. The molecule has 0 bridgehead atoms. The highest BCUT2D eigenvalue weighted by Gasteiger charge is 2.23. The van der Waals surface area contributed by atoms with Crippen LogP contribution in [0.2, 0.25) is 0 Å². The third-order valence-electron chi connectivity index (χ3n) is 10.5. The average molecular weight is 884 g/mol. The summed E-state index contributed by atoms with van der Waals surface area (Å²) in [7, 11) is 0. The Bertz CT molecular complexity index is 1410. The van der Waals surface area contributed by atoms with Crippen LogP contribution in [-0.4, -0.2) is 46.9 Å². The van der Waals surface area contributed by atoms with Crippen molar-refractivity contribution in [1.29, 1.82) is 0 Å². The maximum Gasteiger partial charge on any atom is 0.306 e. The van der Waals surface area contributed by atoms with Crippen molar-refractivity contribution in [2.45, 2.75) is 212 Å². The standard InChI is InChI=1S/C58H93NO5/c1-4-7-10-13-16-19-21-23-25-27-28-30-32-34-36-39-42-45-48-51-58(63)64-54(49-46-43-40-38-35-33-31-29-26-24-22-20-17-14-11-8-5-2)52-57(62)59-55(53-60)56(61)50-47-44-41-37-18-15-12-9-6-3/h7-8,10-11,16-17,19-20,23-26,28,30-31,33-34,36,38,40,42,45,54-56,60-61H,4-6,9,12-15,18,21-22,27,29,32,35,37,39,41,43-44,46-53H2,1-3H3,(H,59,62)/b10-7-,11-8-,19-16-,20-17-,25-23-,26-24-,30-28-,33-31-,36-34-,40-38-,45-42-. The summed E-state index contributed by atoms with van der Waals surface area (Å²) in [4.78, 5) is 26.1. The molecular formula is C58H93NO5. The van der Waals surface area contributed by atoms with Crippen molar-refractivity contribution >= 4 is 11.9 Å². The molecule has 0 aliphatic rings. The number of unbranched alkanes of at least 4 members (excludes halogenated alkanes) is 9. The lowest BCUT2D eigenvalue weighted by atomic mass is 10.0. The number of carbonyl (C=O) groups is 2. The van der Waals surface area contributed by atoms with Crippen LogP contribution >= 0.6 is 0 Å². The number of nitrogens with one attached hydrogen (secondary N) is 1. The molecule has 0 rings (SSSR count). The number of hydrogen-bond acceptors (Lipinski definition) is 5. The Morgan fingerprint density at radius 2 is 0.844 bits per heavy atom. The van der Waals surface area contributed by atoms with E-state index in [-0.39, 0.29) is 31.3 Å². The molecule has 6 nitrogen and oxygen atoms in total. The summed E-state index contributed by atoms with van der Waals surface area (Å²) in [6.07, 6.45) is 71.0. The second-order valence-electron chi connectivity index (χ2n) is 16.4. The van der Waals surface area contributed by atoms with E-state index in [4.69, 9.17) is 4.74 Å². The fraction of sp³-hybridized carbons (Fsp3) is 0.586. The largest absolute Gasteiger partial charge is 0.462 e. The number of amides is 1. The van der Waals surface area contributed by atoms with Crippen LogP contribution in [0.5, 0.6) is 0 Å². The first-order valence-electron chi connectivity index (χ1n) is 25.4. The Morgan fingerprint density at radius 1 is 0.469 bits per heavy atom. The first-order valence-corrected chi connectivity index (χ1v) is 25.4. The van der Waals surface area contributed by atoms with E-state index in [1.54, 1.807) is 0 Å². The van der Waals surface area contributed by atoms with Crippen molar-refractivity contribution in [3.05, 3.63) is 134 Å². The fourth-order valence-electron chi connectivity index (χ4n) is 6.72. The number of aliphatic hydroxyl groups excluding tert-OH is 2. The summed E-state index contributed by atoms with van der Waals surface area (Å²) in [5, 5.41) is 23.6. The topological polar surface area (TPSA) is 95.9 Å². The lowest BCUT2D eigenvalue weighted by Gasteiger charge is -2.24. The number of esters is 1. The summed E-state index contributed by atoms with van der Waals surface area (Å²) in [5.41, 5.74) is 0. The van der Waals surface area contributed by atoms with Crippen LogP contribution in [0.15, 0.2) is 134 Å². The van der Waals surface area contributed by atoms with Crippen molar-refractivity contribution in [3.8, 4) is 0 Å². The summed E-state index contributed by atoms with van der Waals surface area (Å²) in [6, 6.07) is -0.743. The second kappa shape index (κ2) is 50.0. The normalized spacial score (nSPS) is 14.4. The Labute approximate surface area is 393 Å². The molecule has 0 saturated heterocycles. The van der Waals surface area contributed by atoms with Gasteiger partial charge in [0, 0.05) is 6.42 Å². The van der Waals surface area contributed by atoms with Gasteiger partial charge >= 0.3 is 5.97 Å². The maximum atomic E-state index is 13.2. The fourth-order valence-corrected chi connectivity index (χ4v) is 6.72. The second-order valence-corrected chi connectivity index (χ2v) is 16.4. The molecule has 1 amide bonds. The number of carbonyl (C=O) groups excluding carboxylic acids is 2. The van der Waals surface area contributed by atoms with E-state index >= 15 is 0 Å². The van der Waals surface area contributed by atoms with Gasteiger partial charge in [-0.1, -0.05) is 212 Å². The van der Waals surface area contributed by atoms with Gasteiger partial charge in [0.25, 0.3) is 0 Å². The summed E-state index contributed by atoms with van der Waals surface area (Å²) in [5.74, 6) is -0.647. The lowest BCUT2D eigenvalue weighted by Crippen LogP contribution is -2.46. The van der Waals surface area contributed by atoms with E-state index < -0.39 is 18.2 Å². The first-order chi connectivity index (χ1) is 31.5. The predicted molar refractivity (Wildman–Crippen MR) is 277 cm³/mol. The van der Waals surface area contributed by atoms with Gasteiger partial charge in [0.15, 0.2) is 0 Å². The van der Waals surface area contributed by atoms with Gasteiger partial charge in [-0.15, -0.1) is 0 Å². The van der Waals surface area contributed by atoms with Gasteiger partial charge in [-0.05, 0) is 103 Å². The molecule has 0 aromatic heterocycles. The molecule has 0 aliphatic carbocycles. The zero-order valence-corrected chi connectivity index (χ0v) is 40.9. The molecule has 3 N–H and O–H groups in total. The number of rotatable bonds is 43. The molecule has 0 spiro atoms. The van der Waals surface area contributed by atoms with Gasteiger partial charge in [-0.2, -0.15) is 0 Å². The van der Waals surface area contributed by atoms with Gasteiger partial charge in [-0.25, -0.2) is 0 Å². The van der Waals surface area contributed by atoms with Crippen LogP contribution in [0, 0.1) is 0 Å². The molecule has 6 heteroatoms. The molecule has 0 fully saturated rings. The number of hydrogen-bond donors (Lipinski definition) is 3. The Kier molecular flexibility index (Phi) is 46.9. The quantitative estimate of drug-likeness (QED) is 0.0322. The maximum absolute atomic E-state index is 13.2. The molecule has 3 unspecified atom stereocenters. The van der Waals surface area contributed by atoms with Gasteiger partial charge in [-0.3, -0.25) is 9.59 Å². The molecular weight excluding hydrogens is 791 g/mol. The Hall–Kier alpha value is -4.00. The average Bonchev–Trinajstić information content (AvgIpc) is 3.29. The van der Waals surface area contributed by atoms with Crippen LogP contribution in [0.25, 0.3) is 0 Å². The van der Waals surface area contributed by atoms with Gasteiger partial charge in [0.2, 0.25) is 5.91 Å². The van der Waals surface area contributed by atoms with Crippen molar-refractivity contribution in [1.82, 2.24) is 5.32 Å². The van der Waals surface area contributed by atoms with E-state index in [2.05, 4.69) is 154 Å².